The molecule has 184 valence electrons. The van der Waals surface area contributed by atoms with Gasteiger partial charge in [-0.2, -0.15) is 8.42 Å². The number of hydrogen-bond acceptors (Lipinski definition) is 7. The van der Waals surface area contributed by atoms with E-state index in [9.17, 15) is 18.0 Å². The number of esters is 2. The van der Waals surface area contributed by atoms with Crippen LogP contribution in [0, 0.1) is 21.7 Å². The Morgan fingerprint density at radius 2 is 1.35 bits per heavy atom. The van der Waals surface area contributed by atoms with Crippen molar-refractivity contribution in [2.45, 2.75) is 55.4 Å². The average molecular weight is 469 g/mol. The monoisotopic (exact) mass is 468 g/mol. The van der Waals surface area contributed by atoms with Crippen molar-refractivity contribution in [3.8, 4) is 0 Å². The number of carbonyl (C=O) groups excluding carboxylic acids is 2. The van der Waals surface area contributed by atoms with E-state index in [1.807, 2.05) is 34.6 Å². The van der Waals surface area contributed by atoms with Gasteiger partial charge in [0.05, 0.1) is 31.5 Å². The van der Waals surface area contributed by atoms with Gasteiger partial charge in [-0.15, -0.1) is 0 Å². The van der Waals surface area contributed by atoms with Gasteiger partial charge in [0, 0.05) is 7.11 Å². The Balaban J connectivity index is 5.92. The molecule has 0 aliphatic carbocycles. The summed E-state index contributed by atoms with van der Waals surface area (Å²) in [5.74, 6) is -1.63. The molecule has 0 radical (unpaired) electrons. The molecular formula is C21H42NO8S+. The lowest BCUT2D eigenvalue weighted by atomic mass is 9.47. The topological polar surface area (TPSA) is 116 Å². The number of ether oxygens (including phenoxy) is 3. The molecular weight excluding hydrogens is 426 g/mol. The first-order valence-corrected chi connectivity index (χ1v) is 11.8. The van der Waals surface area contributed by atoms with Gasteiger partial charge in [0.15, 0.2) is 0 Å². The van der Waals surface area contributed by atoms with Crippen molar-refractivity contribution in [1.29, 1.82) is 0 Å². The van der Waals surface area contributed by atoms with E-state index in [0.29, 0.717) is 0 Å². The molecule has 0 saturated heterocycles. The highest BCUT2D eigenvalue weighted by Crippen LogP contribution is 2.60. The van der Waals surface area contributed by atoms with Crippen LogP contribution in [0.15, 0.2) is 0 Å². The lowest BCUT2D eigenvalue weighted by Crippen LogP contribution is -2.60. The Bertz CT molecular complexity index is 750. The average Bonchev–Trinajstić information content (AvgIpc) is 2.55. The van der Waals surface area contributed by atoms with Crippen LogP contribution in [0.3, 0.4) is 0 Å². The molecule has 0 heterocycles. The molecule has 0 fully saturated rings. The summed E-state index contributed by atoms with van der Waals surface area (Å²) in [5, 5.41) is 0. The van der Waals surface area contributed by atoms with E-state index in [2.05, 4.69) is 0 Å². The molecule has 0 spiro atoms. The Kier molecular flexibility index (Phi) is 9.34. The van der Waals surface area contributed by atoms with Crippen LogP contribution in [0.1, 0.15) is 55.4 Å². The van der Waals surface area contributed by atoms with Gasteiger partial charge < -0.3 is 14.2 Å². The van der Waals surface area contributed by atoms with E-state index in [1.54, 1.807) is 20.8 Å². The quantitative estimate of drug-likeness (QED) is 0.162. The third-order valence-corrected chi connectivity index (χ3v) is 7.83. The van der Waals surface area contributed by atoms with Crippen molar-refractivity contribution < 1.29 is 41.3 Å². The predicted molar refractivity (Wildman–Crippen MR) is 117 cm³/mol. The van der Waals surface area contributed by atoms with Crippen LogP contribution in [0.5, 0.6) is 0 Å². The van der Waals surface area contributed by atoms with Crippen LogP contribution in [-0.4, -0.2) is 76.4 Å². The highest BCUT2D eigenvalue weighted by molar-refractivity contribution is 7.85. The van der Waals surface area contributed by atoms with Crippen molar-refractivity contribution >= 4 is 22.1 Å². The van der Waals surface area contributed by atoms with Gasteiger partial charge in [-0.05, 0) is 31.6 Å². The summed E-state index contributed by atoms with van der Waals surface area (Å²) in [6.07, 6.45) is 0. The molecule has 0 bridgehead atoms. The predicted octanol–water partition coefficient (Wildman–Crippen LogP) is 2.70. The van der Waals surface area contributed by atoms with Gasteiger partial charge in [0.25, 0.3) is 0 Å². The SMILES string of the molecule is COCCOC(=O)C(C)(C(C)(C)C)C(C)(C)C(C)(C)C(=O)OC[N+](C)(C)CS(=O)(=O)O. The van der Waals surface area contributed by atoms with Crippen LogP contribution < -0.4 is 0 Å². The first-order valence-electron chi connectivity index (χ1n) is 10.2. The molecule has 0 aliphatic heterocycles. The van der Waals surface area contributed by atoms with Gasteiger partial charge >= 0.3 is 22.1 Å². The summed E-state index contributed by atoms with van der Waals surface area (Å²) < 4.78 is 47.2. The molecule has 0 saturated carbocycles. The van der Waals surface area contributed by atoms with Crippen LogP contribution >= 0.6 is 0 Å². The summed E-state index contributed by atoms with van der Waals surface area (Å²) in [4.78, 5) is 26.4. The minimum absolute atomic E-state index is 0.100. The molecule has 0 aromatic carbocycles. The minimum atomic E-state index is -4.25. The molecule has 10 heteroatoms. The lowest BCUT2D eigenvalue weighted by Gasteiger charge is -2.56. The Morgan fingerprint density at radius 1 is 0.871 bits per heavy atom. The summed E-state index contributed by atoms with van der Waals surface area (Å²) in [5.41, 5.74) is -3.74. The molecule has 9 nitrogen and oxygen atoms in total. The van der Waals surface area contributed by atoms with Crippen molar-refractivity contribution in [3.05, 3.63) is 0 Å². The fourth-order valence-electron chi connectivity index (χ4n) is 3.63. The van der Waals surface area contributed by atoms with Gasteiger partial charge in [-0.25, -0.2) is 0 Å². The molecule has 0 aromatic rings. The highest BCUT2D eigenvalue weighted by Gasteiger charge is 2.63. The third kappa shape index (κ3) is 6.87. The van der Waals surface area contributed by atoms with Crippen LogP contribution in [-0.2, 0) is 33.9 Å². The zero-order valence-corrected chi connectivity index (χ0v) is 21.8. The van der Waals surface area contributed by atoms with E-state index in [4.69, 9.17) is 18.8 Å². The van der Waals surface area contributed by atoms with Crippen molar-refractivity contribution in [3.63, 3.8) is 0 Å². The number of quaternary nitrogens is 1. The van der Waals surface area contributed by atoms with E-state index in [-0.39, 0.29) is 24.4 Å². The molecule has 0 rings (SSSR count). The van der Waals surface area contributed by atoms with Gasteiger partial charge in [0.2, 0.25) is 12.6 Å². The molecule has 1 unspecified atom stereocenters. The van der Waals surface area contributed by atoms with Crippen molar-refractivity contribution in [2.75, 3.05) is 47.0 Å². The zero-order valence-electron chi connectivity index (χ0n) is 21.0. The second kappa shape index (κ2) is 9.72. The van der Waals surface area contributed by atoms with Crippen molar-refractivity contribution in [2.24, 2.45) is 21.7 Å². The first-order chi connectivity index (χ1) is 13.6. The maximum atomic E-state index is 13.2. The second-order valence-electron chi connectivity index (χ2n) is 11.0. The van der Waals surface area contributed by atoms with E-state index in [0.717, 1.165) is 0 Å². The zero-order chi connectivity index (χ0) is 25.1. The maximum Gasteiger partial charge on any atom is 0.316 e. The van der Waals surface area contributed by atoms with Crippen LogP contribution in [0.2, 0.25) is 0 Å². The Hall–Kier alpha value is -1.23. The maximum absolute atomic E-state index is 13.2. The first kappa shape index (κ1) is 29.8. The van der Waals surface area contributed by atoms with Crippen molar-refractivity contribution in [1.82, 2.24) is 0 Å². The standard InChI is InChI=1S/C21H41NO8S/c1-18(2,3)21(8,17(24)29-13-12-28-11)20(6,7)19(4,5)16(23)30-14-22(9,10)15-31(25,26)27/h12-15H2,1-11H3/p+1. The summed E-state index contributed by atoms with van der Waals surface area (Å²) in [6, 6.07) is 0. The summed E-state index contributed by atoms with van der Waals surface area (Å²) >= 11 is 0. The van der Waals surface area contributed by atoms with E-state index >= 15 is 0 Å². The number of methoxy groups -OCH3 is 1. The van der Waals surface area contributed by atoms with Gasteiger partial charge in [-0.1, -0.05) is 34.6 Å². The molecule has 31 heavy (non-hydrogen) atoms. The highest BCUT2D eigenvalue weighted by atomic mass is 32.2. The number of nitrogens with zero attached hydrogens (tertiary/aromatic N) is 1. The lowest BCUT2D eigenvalue weighted by molar-refractivity contribution is -0.896. The normalized spacial score (nSPS) is 15.9. The summed E-state index contributed by atoms with van der Waals surface area (Å²) in [6.45, 7) is 14.7. The van der Waals surface area contributed by atoms with Crippen LogP contribution in [0.4, 0.5) is 0 Å². The molecule has 1 N–H and O–H groups in total. The number of carbonyl (C=O) groups is 2. The Labute approximate surface area is 187 Å². The van der Waals surface area contributed by atoms with Crippen LogP contribution in [0.25, 0.3) is 0 Å². The smallest absolute Gasteiger partial charge is 0.316 e. The third-order valence-electron chi connectivity index (χ3n) is 6.81. The number of hydrogen-bond donors (Lipinski definition) is 1. The molecule has 1 atom stereocenters. The van der Waals surface area contributed by atoms with Gasteiger partial charge in [0.1, 0.15) is 6.61 Å². The minimum Gasteiger partial charge on any atom is -0.463 e. The number of rotatable bonds is 11. The second-order valence-corrected chi connectivity index (χ2v) is 12.4. The molecule has 0 amide bonds. The fourth-order valence-corrected chi connectivity index (χ4v) is 4.59. The Morgan fingerprint density at radius 3 is 1.74 bits per heavy atom. The van der Waals surface area contributed by atoms with E-state index in [1.165, 1.54) is 21.2 Å². The molecule has 0 aromatic heterocycles. The largest absolute Gasteiger partial charge is 0.463 e. The summed E-state index contributed by atoms with van der Waals surface area (Å²) in [7, 11) is 0.306. The van der Waals surface area contributed by atoms with Gasteiger partial charge in [-0.3, -0.25) is 18.6 Å². The molecule has 0 aliphatic rings. The fraction of sp³-hybridized carbons (Fsp3) is 0.905. The van der Waals surface area contributed by atoms with E-state index < -0.39 is 49.6 Å².